The van der Waals surface area contributed by atoms with E-state index in [1.165, 1.54) is 44.9 Å². The Morgan fingerprint density at radius 2 is 0.639 bits per heavy atom. The van der Waals surface area contributed by atoms with Crippen molar-refractivity contribution in [2.75, 3.05) is 13.2 Å². The van der Waals surface area contributed by atoms with E-state index in [0.717, 1.165) is 96.3 Å². The maximum atomic E-state index is 12.8. The van der Waals surface area contributed by atoms with Crippen molar-refractivity contribution in [3.8, 4) is 0 Å². The van der Waals surface area contributed by atoms with E-state index in [4.69, 9.17) is 14.2 Å². The molecule has 0 fully saturated rings. The van der Waals surface area contributed by atoms with Crippen LogP contribution >= 0.6 is 0 Å². The lowest BCUT2D eigenvalue weighted by atomic mass is 10.1. The van der Waals surface area contributed by atoms with Crippen LogP contribution in [0.1, 0.15) is 194 Å². The quantitative estimate of drug-likeness (QED) is 0.0199. The molecule has 0 aliphatic rings. The van der Waals surface area contributed by atoms with Gasteiger partial charge in [0, 0.05) is 19.3 Å². The summed E-state index contributed by atoms with van der Waals surface area (Å²) >= 11 is 0. The van der Waals surface area contributed by atoms with Crippen molar-refractivity contribution in [2.45, 2.75) is 200 Å². The Bertz CT molecular complexity index is 1750. The number of allylic oxidation sites excluding steroid dienone is 30. The summed E-state index contributed by atoms with van der Waals surface area (Å²) in [7, 11) is 0. The second-order valence-electron chi connectivity index (χ2n) is 17.6. The van der Waals surface area contributed by atoms with Gasteiger partial charge >= 0.3 is 17.9 Å². The van der Waals surface area contributed by atoms with E-state index in [0.29, 0.717) is 19.3 Å². The molecule has 0 rings (SSSR count). The van der Waals surface area contributed by atoms with Crippen LogP contribution in [0, 0.1) is 0 Å². The number of hydrogen-bond donors (Lipinski definition) is 0. The van der Waals surface area contributed by atoms with Crippen LogP contribution in [0.2, 0.25) is 0 Å². The molecule has 1 atom stereocenters. The number of rotatable bonds is 47. The Kier molecular flexibility index (Phi) is 53.7. The topological polar surface area (TPSA) is 78.9 Å². The maximum Gasteiger partial charge on any atom is 0.306 e. The van der Waals surface area contributed by atoms with Crippen LogP contribution in [0.5, 0.6) is 0 Å². The zero-order valence-corrected chi connectivity index (χ0v) is 45.4. The average molecular weight is 988 g/mol. The van der Waals surface area contributed by atoms with Gasteiger partial charge in [0.25, 0.3) is 0 Å². The Labute approximate surface area is 440 Å². The van der Waals surface area contributed by atoms with Crippen LogP contribution in [0.25, 0.3) is 0 Å². The van der Waals surface area contributed by atoms with Gasteiger partial charge in [-0.3, -0.25) is 14.4 Å². The first kappa shape index (κ1) is 66.5. The molecule has 6 nitrogen and oxygen atoms in total. The fourth-order valence-electron chi connectivity index (χ4n) is 6.73. The third kappa shape index (κ3) is 55.4. The van der Waals surface area contributed by atoms with E-state index >= 15 is 0 Å². The van der Waals surface area contributed by atoms with Gasteiger partial charge in [-0.05, 0) is 103 Å². The molecule has 0 spiro atoms. The molecular formula is C66H98O6. The number of carbonyl (C=O) groups is 3. The van der Waals surface area contributed by atoms with E-state index < -0.39 is 12.1 Å². The Morgan fingerprint density at radius 3 is 1.06 bits per heavy atom. The van der Waals surface area contributed by atoms with Gasteiger partial charge < -0.3 is 14.2 Å². The fourth-order valence-corrected chi connectivity index (χ4v) is 6.73. The molecule has 0 heterocycles. The first-order valence-electron chi connectivity index (χ1n) is 27.9. The van der Waals surface area contributed by atoms with Crippen LogP contribution in [0.15, 0.2) is 182 Å². The molecule has 6 heteroatoms. The van der Waals surface area contributed by atoms with Crippen molar-refractivity contribution in [3.05, 3.63) is 182 Å². The van der Waals surface area contributed by atoms with Crippen LogP contribution in [-0.4, -0.2) is 37.2 Å². The molecule has 0 saturated heterocycles. The first-order valence-corrected chi connectivity index (χ1v) is 27.9. The average Bonchev–Trinajstić information content (AvgIpc) is 3.38. The van der Waals surface area contributed by atoms with Gasteiger partial charge in [-0.2, -0.15) is 0 Å². The molecule has 1 unspecified atom stereocenters. The SMILES string of the molecule is CC\C=C/C=C\C=C/C=C\C=C\C=C/C=C\CCCCCC(=O)OCC(COC(=O)CCCCC/C=C\C=C/CCCCCCCCC)OC(=O)CC/C=C\C/C=C\C/C=C\C/C=C\C/C=C\C/C=C\CC. The van der Waals surface area contributed by atoms with E-state index in [-0.39, 0.29) is 38.0 Å². The van der Waals surface area contributed by atoms with Gasteiger partial charge in [0.15, 0.2) is 6.10 Å². The molecule has 0 aromatic heterocycles. The summed E-state index contributed by atoms with van der Waals surface area (Å²) in [6.45, 7) is 6.22. The Morgan fingerprint density at radius 1 is 0.306 bits per heavy atom. The van der Waals surface area contributed by atoms with E-state index in [9.17, 15) is 14.4 Å². The molecule has 0 aromatic rings. The third-order valence-corrected chi connectivity index (χ3v) is 10.9. The van der Waals surface area contributed by atoms with Crippen molar-refractivity contribution in [2.24, 2.45) is 0 Å². The molecule has 0 bridgehead atoms. The van der Waals surface area contributed by atoms with Crippen molar-refractivity contribution in [3.63, 3.8) is 0 Å². The van der Waals surface area contributed by atoms with Gasteiger partial charge in [-0.25, -0.2) is 0 Å². The summed E-state index contributed by atoms with van der Waals surface area (Å²) < 4.78 is 16.7. The van der Waals surface area contributed by atoms with Crippen LogP contribution < -0.4 is 0 Å². The summed E-state index contributed by atoms with van der Waals surface area (Å²) in [5.74, 6) is -1.12. The fraction of sp³-hybridized carbons (Fsp3) is 0.500. The summed E-state index contributed by atoms with van der Waals surface area (Å²) in [5, 5.41) is 0. The molecule has 0 N–H and O–H groups in total. The normalized spacial score (nSPS) is 13.5. The highest BCUT2D eigenvalue weighted by molar-refractivity contribution is 5.71. The molecule has 0 aromatic carbocycles. The van der Waals surface area contributed by atoms with Gasteiger partial charge in [-0.15, -0.1) is 0 Å². The molecule has 0 saturated carbocycles. The van der Waals surface area contributed by atoms with Gasteiger partial charge in [0.05, 0.1) is 0 Å². The predicted molar refractivity (Wildman–Crippen MR) is 311 cm³/mol. The summed E-state index contributed by atoms with van der Waals surface area (Å²) in [4.78, 5) is 38.1. The van der Waals surface area contributed by atoms with Gasteiger partial charge in [-0.1, -0.05) is 254 Å². The summed E-state index contributed by atoms with van der Waals surface area (Å²) in [6, 6.07) is 0. The summed E-state index contributed by atoms with van der Waals surface area (Å²) in [6.07, 6.45) is 87.4. The third-order valence-electron chi connectivity index (χ3n) is 10.9. The molecule has 0 aliphatic carbocycles. The van der Waals surface area contributed by atoms with E-state index in [2.05, 4.69) is 118 Å². The standard InChI is InChI=1S/C66H98O6/c1-4-7-10-13-16-19-22-25-28-31-33-35-38-41-44-47-50-53-56-59-65(68)71-62-63(61-70-64(67)58-55-52-49-46-43-40-37-30-27-24-21-18-15-12-9-6-3)72-66(69)60-57-54-51-48-45-42-39-36-34-32-29-26-23-20-17-14-11-8-5-2/h7-8,10-11,13,16-17,19-20,22,25-26,28-31,33-38,40-45,51,54,63H,4-6,9,12,14-15,18,21,23-24,27,32,39,46-50,52-53,55-62H2,1-3H3/b10-7-,11-8-,16-13-,20-17-,22-19-,28-25-,29-26-,33-31+,36-34-,37-30-,38-35-,43-40-,44-41-,45-42-,54-51-. The lowest BCUT2D eigenvalue weighted by molar-refractivity contribution is -0.166. The van der Waals surface area contributed by atoms with Crippen molar-refractivity contribution >= 4 is 17.9 Å². The minimum Gasteiger partial charge on any atom is -0.462 e. The van der Waals surface area contributed by atoms with Crippen molar-refractivity contribution in [1.29, 1.82) is 0 Å². The Balaban J connectivity index is 4.70. The maximum absolute atomic E-state index is 12.8. The lowest BCUT2D eigenvalue weighted by Crippen LogP contribution is -2.30. The molecule has 72 heavy (non-hydrogen) atoms. The number of hydrogen-bond acceptors (Lipinski definition) is 6. The van der Waals surface area contributed by atoms with Gasteiger partial charge in [0.2, 0.25) is 0 Å². The van der Waals surface area contributed by atoms with Crippen molar-refractivity contribution < 1.29 is 28.6 Å². The van der Waals surface area contributed by atoms with Gasteiger partial charge in [0.1, 0.15) is 13.2 Å². The number of carbonyl (C=O) groups excluding carboxylic acids is 3. The smallest absolute Gasteiger partial charge is 0.306 e. The molecular weight excluding hydrogens is 889 g/mol. The number of unbranched alkanes of at least 4 members (excludes halogenated alkanes) is 13. The predicted octanol–water partition coefficient (Wildman–Crippen LogP) is 18.9. The highest BCUT2D eigenvalue weighted by Gasteiger charge is 2.19. The minimum atomic E-state index is -0.860. The lowest BCUT2D eigenvalue weighted by Gasteiger charge is -2.18. The highest BCUT2D eigenvalue weighted by atomic mass is 16.6. The molecule has 0 amide bonds. The minimum absolute atomic E-state index is 0.147. The second-order valence-corrected chi connectivity index (χ2v) is 17.6. The summed E-state index contributed by atoms with van der Waals surface area (Å²) in [5.41, 5.74) is 0. The van der Waals surface area contributed by atoms with Crippen LogP contribution in [-0.2, 0) is 28.6 Å². The Hall–Kier alpha value is -5.49. The zero-order valence-electron chi connectivity index (χ0n) is 45.4. The second kappa shape index (κ2) is 58.1. The van der Waals surface area contributed by atoms with E-state index in [1.54, 1.807) is 0 Å². The molecule has 0 aliphatic heterocycles. The monoisotopic (exact) mass is 987 g/mol. The zero-order chi connectivity index (χ0) is 52.2. The van der Waals surface area contributed by atoms with Crippen LogP contribution in [0.3, 0.4) is 0 Å². The van der Waals surface area contributed by atoms with Crippen LogP contribution in [0.4, 0.5) is 0 Å². The highest BCUT2D eigenvalue weighted by Crippen LogP contribution is 2.11. The number of ether oxygens (including phenoxy) is 3. The first-order chi connectivity index (χ1) is 35.5. The largest absolute Gasteiger partial charge is 0.462 e. The molecule has 0 radical (unpaired) electrons. The van der Waals surface area contributed by atoms with Crippen molar-refractivity contribution in [1.82, 2.24) is 0 Å². The van der Waals surface area contributed by atoms with E-state index in [1.807, 2.05) is 85.1 Å². The number of esters is 3. The molecule has 398 valence electrons.